The molecule has 2 fully saturated rings. The summed E-state index contributed by atoms with van der Waals surface area (Å²) in [6.45, 7) is 5.31. The number of quaternary nitrogens is 1. The molecule has 0 saturated carbocycles. The van der Waals surface area contributed by atoms with Crippen molar-refractivity contribution in [2.45, 2.75) is 18.9 Å². The highest BCUT2D eigenvalue weighted by molar-refractivity contribution is 5.77. The van der Waals surface area contributed by atoms with E-state index in [2.05, 4.69) is 4.90 Å². The van der Waals surface area contributed by atoms with Gasteiger partial charge in [-0.2, -0.15) is 4.65 Å². The Morgan fingerprint density at radius 1 is 1.26 bits per heavy atom. The zero-order chi connectivity index (χ0) is 13.9. The van der Waals surface area contributed by atoms with Crippen LogP contribution < -0.4 is 0 Å². The molecule has 2 heterocycles. The predicted molar refractivity (Wildman–Crippen MR) is 70.8 cm³/mol. The van der Waals surface area contributed by atoms with Crippen molar-refractivity contribution in [2.75, 3.05) is 60.0 Å². The van der Waals surface area contributed by atoms with Crippen LogP contribution in [-0.2, 0) is 9.53 Å². The van der Waals surface area contributed by atoms with Gasteiger partial charge in [0.25, 0.3) is 0 Å². The van der Waals surface area contributed by atoms with E-state index in [1.54, 1.807) is 7.11 Å². The second-order valence-corrected chi connectivity index (χ2v) is 5.87. The molecule has 0 aliphatic carbocycles. The molecule has 2 rings (SSSR count). The Hall–Kier alpha value is -0.690. The van der Waals surface area contributed by atoms with Crippen molar-refractivity contribution in [3.63, 3.8) is 0 Å². The van der Waals surface area contributed by atoms with Crippen LogP contribution in [-0.4, -0.2) is 91.6 Å². The number of carbonyl (C=O) groups is 1. The van der Waals surface area contributed by atoms with E-state index < -0.39 is 0 Å². The molecule has 0 radical (unpaired) electrons. The SMILES string of the molecule is COCC(=O)N1CCN(C2CC[N+](C)(O)CC2)CC1. The predicted octanol–water partition coefficient (Wildman–Crippen LogP) is -0.225. The lowest BCUT2D eigenvalue weighted by atomic mass is 10.0. The van der Waals surface area contributed by atoms with E-state index in [0.29, 0.717) is 6.04 Å². The summed E-state index contributed by atoms with van der Waals surface area (Å²) in [5.41, 5.74) is 0. The van der Waals surface area contributed by atoms with Crippen LogP contribution in [0.2, 0.25) is 0 Å². The first-order valence-corrected chi connectivity index (χ1v) is 7.10. The molecule has 2 aliphatic rings. The number of hydroxylamine groups is 3. The van der Waals surface area contributed by atoms with Crippen LogP contribution in [0.25, 0.3) is 0 Å². The van der Waals surface area contributed by atoms with Gasteiger partial charge in [-0.05, 0) is 0 Å². The molecule has 2 aliphatic heterocycles. The minimum Gasteiger partial charge on any atom is -0.375 e. The van der Waals surface area contributed by atoms with Gasteiger partial charge in [-0.15, -0.1) is 0 Å². The van der Waals surface area contributed by atoms with Gasteiger partial charge in [-0.25, -0.2) is 5.21 Å². The lowest BCUT2D eigenvalue weighted by molar-refractivity contribution is -1.09. The summed E-state index contributed by atoms with van der Waals surface area (Å²) >= 11 is 0. The fraction of sp³-hybridized carbons (Fsp3) is 0.923. The molecule has 2 saturated heterocycles. The summed E-state index contributed by atoms with van der Waals surface area (Å²) in [7, 11) is 3.43. The molecule has 110 valence electrons. The molecule has 0 aromatic carbocycles. The summed E-state index contributed by atoms with van der Waals surface area (Å²) in [5.74, 6) is 0.0883. The van der Waals surface area contributed by atoms with Crippen molar-refractivity contribution in [1.29, 1.82) is 0 Å². The number of amides is 1. The number of piperidine rings is 1. The molecule has 0 bridgehead atoms. The molecule has 1 N–H and O–H groups in total. The number of nitrogens with zero attached hydrogens (tertiary/aromatic N) is 3. The lowest BCUT2D eigenvalue weighted by Gasteiger charge is -2.42. The Labute approximate surface area is 115 Å². The number of rotatable bonds is 3. The number of hydrogen-bond donors (Lipinski definition) is 1. The van der Waals surface area contributed by atoms with Crippen molar-refractivity contribution in [3.8, 4) is 0 Å². The minimum atomic E-state index is 0.0883. The third kappa shape index (κ3) is 3.89. The number of methoxy groups -OCH3 is 1. The summed E-state index contributed by atoms with van der Waals surface area (Å²) in [5, 5.41) is 9.92. The highest BCUT2D eigenvalue weighted by Gasteiger charge is 2.33. The van der Waals surface area contributed by atoms with Crippen molar-refractivity contribution in [2.24, 2.45) is 0 Å². The monoisotopic (exact) mass is 272 g/mol. The molecule has 19 heavy (non-hydrogen) atoms. The highest BCUT2D eigenvalue weighted by Crippen LogP contribution is 2.20. The molecule has 0 aromatic heterocycles. The Bertz CT molecular complexity index is 304. The topological polar surface area (TPSA) is 53.0 Å². The summed E-state index contributed by atoms with van der Waals surface area (Å²) in [6, 6.07) is 0.568. The molecule has 0 spiro atoms. The van der Waals surface area contributed by atoms with Crippen LogP contribution in [0.4, 0.5) is 0 Å². The van der Waals surface area contributed by atoms with Gasteiger partial charge >= 0.3 is 0 Å². The van der Waals surface area contributed by atoms with E-state index in [1.807, 2.05) is 11.9 Å². The first kappa shape index (κ1) is 14.7. The van der Waals surface area contributed by atoms with Crippen LogP contribution in [0.5, 0.6) is 0 Å². The van der Waals surface area contributed by atoms with E-state index in [0.717, 1.165) is 52.1 Å². The Morgan fingerprint density at radius 3 is 2.37 bits per heavy atom. The number of ether oxygens (including phenoxy) is 1. The average Bonchev–Trinajstić information content (AvgIpc) is 2.39. The summed E-state index contributed by atoms with van der Waals surface area (Å²) in [4.78, 5) is 16.1. The van der Waals surface area contributed by atoms with Gasteiger partial charge in [0, 0.05) is 52.2 Å². The highest BCUT2D eigenvalue weighted by atomic mass is 16.5. The van der Waals surface area contributed by atoms with E-state index in [1.165, 1.54) is 0 Å². The van der Waals surface area contributed by atoms with Gasteiger partial charge in [0.05, 0.1) is 7.05 Å². The first-order chi connectivity index (χ1) is 9.02. The second kappa shape index (κ2) is 6.17. The van der Waals surface area contributed by atoms with E-state index in [-0.39, 0.29) is 17.2 Å². The zero-order valence-corrected chi connectivity index (χ0v) is 12.0. The van der Waals surface area contributed by atoms with E-state index >= 15 is 0 Å². The fourth-order valence-electron chi connectivity index (χ4n) is 3.03. The fourth-order valence-corrected chi connectivity index (χ4v) is 3.03. The molecule has 0 atom stereocenters. The Kier molecular flexibility index (Phi) is 4.78. The average molecular weight is 272 g/mol. The van der Waals surface area contributed by atoms with Crippen LogP contribution >= 0.6 is 0 Å². The van der Waals surface area contributed by atoms with Crippen LogP contribution in [0.15, 0.2) is 0 Å². The standard InChI is InChI=1S/C13H26N3O3/c1-16(18)9-3-12(4-10-16)14-5-7-15(8-6-14)13(17)11-19-2/h12,18H,3-11H2,1-2H3/q+1. The van der Waals surface area contributed by atoms with Gasteiger partial charge < -0.3 is 9.64 Å². The molecule has 0 unspecified atom stereocenters. The Morgan fingerprint density at radius 2 is 1.84 bits per heavy atom. The normalized spacial score (nSPS) is 33.4. The van der Waals surface area contributed by atoms with Crippen molar-refractivity contribution >= 4 is 5.91 Å². The molecular formula is C13H26N3O3+. The molecular weight excluding hydrogens is 246 g/mol. The smallest absolute Gasteiger partial charge is 0.248 e. The third-order valence-electron chi connectivity index (χ3n) is 4.34. The van der Waals surface area contributed by atoms with Gasteiger partial charge in [0.1, 0.15) is 19.7 Å². The van der Waals surface area contributed by atoms with E-state index in [4.69, 9.17) is 4.74 Å². The molecule has 0 aromatic rings. The second-order valence-electron chi connectivity index (χ2n) is 5.87. The number of carbonyl (C=O) groups excluding carboxylic acids is 1. The van der Waals surface area contributed by atoms with Crippen LogP contribution in [0, 0.1) is 0 Å². The van der Waals surface area contributed by atoms with Gasteiger partial charge in [-0.3, -0.25) is 9.69 Å². The number of piperazine rings is 1. The van der Waals surface area contributed by atoms with Crippen molar-refractivity contribution in [1.82, 2.24) is 9.80 Å². The van der Waals surface area contributed by atoms with Crippen LogP contribution in [0.1, 0.15) is 12.8 Å². The maximum Gasteiger partial charge on any atom is 0.248 e. The van der Waals surface area contributed by atoms with Gasteiger partial charge in [-0.1, -0.05) is 0 Å². The molecule has 1 amide bonds. The molecule has 6 nitrogen and oxygen atoms in total. The quantitative estimate of drug-likeness (QED) is 0.722. The summed E-state index contributed by atoms with van der Waals surface area (Å²) < 4.78 is 5.04. The summed E-state index contributed by atoms with van der Waals surface area (Å²) in [6.07, 6.45) is 2.08. The van der Waals surface area contributed by atoms with E-state index in [9.17, 15) is 10.0 Å². The van der Waals surface area contributed by atoms with Gasteiger partial charge in [0.15, 0.2) is 0 Å². The minimum absolute atomic E-state index is 0.0883. The first-order valence-electron chi connectivity index (χ1n) is 7.10. The van der Waals surface area contributed by atoms with Crippen molar-refractivity contribution in [3.05, 3.63) is 0 Å². The third-order valence-corrected chi connectivity index (χ3v) is 4.34. The zero-order valence-electron chi connectivity index (χ0n) is 12.0. The maximum absolute atomic E-state index is 11.7. The van der Waals surface area contributed by atoms with Crippen molar-refractivity contribution < 1.29 is 19.4 Å². The number of likely N-dealkylation sites (tertiary alicyclic amines) is 1. The largest absolute Gasteiger partial charge is 0.375 e. The van der Waals surface area contributed by atoms with Crippen LogP contribution in [0.3, 0.4) is 0 Å². The lowest BCUT2D eigenvalue weighted by Crippen LogP contribution is -2.57. The van der Waals surface area contributed by atoms with Gasteiger partial charge in [0.2, 0.25) is 5.91 Å². The maximum atomic E-state index is 11.7. The molecule has 6 heteroatoms. The number of hydrogen-bond acceptors (Lipinski definition) is 4. The Balaban J connectivity index is 1.76.